The minimum Gasteiger partial charge on any atom is -0.337 e. The summed E-state index contributed by atoms with van der Waals surface area (Å²) < 4.78 is 0. The number of carbonyl (C=O) groups excluding carboxylic acids is 1. The number of hydrogen-bond acceptors (Lipinski definition) is 2. The van der Waals surface area contributed by atoms with Crippen LogP contribution in [0.2, 0.25) is 0 Å². The standard InChI is InChI=1S/C15H24N2O.C2H6/c1-5-10-17(11-6-2)15(18)14-9-7-8-13(16-14)12(3)4;1-2/h7-9,12H,5-6,10-11H2,1-4H3;1-2H3. The Morgan fingerprint density at radius 3 is 2.15 bits per heavy atom. The average molecular weight is 278 g/mol. The van der Waals surface area contributed by atoms with Crippen molar-refractivity contribution >= 4 is 5.91 Å². The summed E-state index contributed by atoms with van der Waals surface area (Å²) in [6.07, 6.45) is 1.96. The van der Waals surface area contributed by atoms with E-state index in [0.717, 1.165) is 31.6 Å². The van der Waals surface area contributed by atoms with Crippen LogP contribution < -0.4 is 0 Å². The number of aromatic nitrogens is 1. The van der Waals surface area contributed by atoms with Gasteiger partial charge in [0, 0.05) is 18.8 Å². The van der Waals surface area contributed by atoms with Gasteiger partial charge >= 0.3 is 0 Å². The highest BCUT2D eigenvalue weighted by molar-refractivity contribution is 5.92. The van der Waals surface area contributed by atoms with Crippen LogP contribution >= 0.6 is 0 Å². The third kappa shape index (κ3) is 5.72. The molecule has 0 radical (unpaired) electrons. The molecule has 0 saturated heterocycles. The summed E-state index contributed by atoms with van der Waals surface area (Å²) in [5.74, 6) is 0.407. The summed E-state index contributed by atoms with van der Waals surface area (Å²) >= 11 is 0. The quantitative estimate of drug-likeness (QED) is 0.768. The molecule has 0 aromatic carbocycles. The van der Waals surface area contributed by atoms with Gasteiger partial charge in [0.05, 0.1) is 0 Å². The van der Waals surface area contributed by atoms with E-state index in [2.05, 4.69) is 32.7 Å². The fourth-order valence-electron chi connectivity index (χ4n) is 1.91. The van der Waals surface area contributed by atoms with Crippen LogP contribution in [-0.2, 0) is 0 Å². The Kier molecular flexibility index (Phi) is 9.69. The molecule has 1 heterocycles. The predicted octanol–water partition coefficient (Wildman–Crippen LogP) is 4.49. The second kappa shape index (κ2) is 10.4. The molecule has 1 aromatic rings. The van der Waals surface area contributed by atoms with Crippen molar-refractivity contribution in [3.63, 3.8) is 0 Å². The molecule has 1 aromatic heterocycles. The lowest BCUT2D eigenvalue weighted by atomic mass is 10.1. The number of rotatable bonds is 6. The van der Waals surface area contributed by atoms with Crippen LogP contribution in [0.25, 0.3) is 0 Å². The lowest BCUT2D eigenvalue weighted by molar-refractivity contribution is 0.0749. The molecule has 0 aliphatic rings. The molecule has 0 aliphatic heterocycles. The van der Waals surface area contributed by atoms with Crippen molar-refractivity contribution in [2.75, 3.05) is 13.1 Å². The van der Waals surface area contributed by atoms with Crippen molar-refractivity contribution in [3.05, 3.63) is 29.6 Å². The first-order valence-electron chi connectivity index (χ1n) is 7.86. The molecule has 1 rings (SSSR count). The molecule has 20 heavy (non-hydrogen) atoms. The van der Waals surface area contributed by atoms with Gasteiger partial charge in [-0.25, -0.2) is 4.98 Å². The number of hydrogen-bond donors (Lipinski definition) is 0. The molecular weight excluding hydrogens is 248 g/mol. The van der Waals surface area contributed by atoms with Crippen LogP contribution in [0.5, 0.6) is 0 Å². The molecule has 0 atom stereocenters. The van der Waals surface area contributed by atoms with Crippen molar-refractivity contribution in [3.8, 4) is 0 Å². The van der Waals surface area contributed by atoms with Crippen LogP contribution in [0.1, 0.15) is 76.5 Å². The number of nitrogens with zero attached hydrogens (tertiary/aromatic N) is 2. The zero-order valence-electron chi connectivity index (χ0n) is 13.9. The van der Waals surface area contributed by atoms with Crippen molar-refractivity contribution in [2.24, 2.45) is 0 Å². The average Bonchev–Trinajstić information content (AvgIpc) is 2.48. The summed E-state index contributed by atoms with van der Waals surface area (Å²) in [7, 11) is 0. The molecule has 3 nitrogen and oxygen atoms in total. The van der Waals surface area contributed by atoms with E-state index in [0.29, 0.717) is 11.6 Å². The molecule has 3 heteroatoms. The van der Waals surface area contributed by atoms with Crippen LogP contribution in [0.15, 0.2) is 18.2 Å². The van der Waals surface area contributed by atoms with Gasteiger partial charge in [0.15, 0.2) is 0 Å². The van der Waals surface area contributed by atoms with E-state index >= 15 is 0 Å². The van der Waals surface area contributed by atoms with Gasteiger partial charge in [-0.1, -0.05) is 47.6 Å². The zero-order valence-corrected chi connectivity index (χ0v) is 13.9. The topological polar surface area (TPSA) is 33.2 Å². The Morgan fingerprint density at radius 1 is 1.15 bits per heavy atom. The fourth-order valence-corrected chi connectivity index (χ4v) is 1.91. The lowest BCUT2D eigenvalue weighted by Crippen LogP contribution is -2.33. The van der Waals surface area contributed by atoms with Crippen LogP contribution in [0.3, 0.4) is 0 Å². The van der Waals surface area contributed by atoms with E-state index in [4.69, 9.17) is 0 Å². The monoisotopic (exact) mass is 278 g/mol. The van der Waals surface area contributed by atoms with E-state index in [-0.39, 0.29) is 5.91 Å². The maximum absolute atomic E-state index is 12.4. The minimum absolute atomic E-state index is 0.0567. The maximum atomic E-state index is 12.4. The van der Waals surface area contributed by atoms with E-state index in [1.807, 2.05) is 36.9 Å². The van der Waals surface area contributed by atoms with E-state index < -0.39 is 0 Å². The number of pyridine rings is 1. The van der Waals surface area contributed by atoms with Crippen molar-refractivity contribution in [1.82, 2.24) is 9.88 Å². The highest BCUT2D eigenvalue weighted by Gasteiger charge is 2.16. The van der Waals surface area contributed by atoms with Crippen molar-refractivity contribution in [2.45, 2.75) is 60.3 Å². The smallest absolute Gasteiger partial charge is 0.272 e. The largest absolute Gasteiger partial charge is 0.337 e. The summed E-state index contributed by atoms with van der Waals surface area (Å²) in [5, 5.41) is 0. The van der Waals surface area contributed by atoms with Crippen molar-refractivity contribution in [1.29, 1.82) is 0 Å². The van der Waals surface area contributed by atoms with Gasteiger partial charge in [-0.3, -0.25) is 4.79 Å². The Hall–Kier alpha value is -1.38. The van der Waals surface area contributed by atoms with Gasteiger partial charge in [0.1, 0.15) is 5.69 Å². The Morgan fingerprint density at radius 2 is 1.70 bits per heavy atom. The molecule has 0 N–H and O–H groups in total. The van der Waals surface area contributed by atoms with Gasteiger partial charge in [0.2, 0.25) is 0 Å². The summed E-state index contributed by atoms with van der Waals surface area (Å²) in [4.78, 5) is 18.7. The molecular formula is C17H30N2O. The number of carbonyl (C=O) groups is 1. The zero-order chi connectivity index (χ0) is 15.5. The highest BCUT2D eigenvalue weighted by Crippen LogP contribution is 2.13. The van der Waals surface area contributed by atoms with Gasteiger partial charge < -0.3 is 4.90 Å². The predicted molar refractivity (Wildman–Crippen MR) is 86.2 cm³/mol. The Bertz CT molecular complexity index is 382. The van der Waals surface area contributed by atoms with Gasteiger partial charge in [-0.2, -0.15) is 0 Å². The second-order valence-corrected chi connectivity index (χ2v) is 4.89. The first-order chi connectivity index (χ1) is 9.60. The summed E-state index contributed by atoms with van der Waals surface area (Å²) in [6.45, 7) is 14.0. The van der Waals surface area contributed by atoms with E-state index in [1.165, 1.54) is 0 Å². The summed E-state index contributed by atoms with van der Waals surface area (Å²) in [6, 6.07) is 5.71. The highest BCUT2D eigenvalue weighted by atomic mass is 16.2. The minimum atomic E-state index is 0.0567. The van der Waals surface area contributed by atoms with Gasteiger partial charge in [0.25, 0.3) is 5.91 Å². The second-order valence-electron chi connectivity index (χ2n) is 4.89. The molecule has 0 bridgehead atoms. The molecule has 0 aliphatic carbocycles. The van der Waals surface area contributed by atoms with Crippen molar-refractivity contribution < 1.29 is 4.79 Å². The molecule has 0 spiro atoms. The van der Waals surface area contributed by atoms with Crippen LogP contribution in [0, 0.1) is 0 Å². The van der Waals surface area contributed by atoms with Crippen LogP contribution in [-0.4, -0.2) is 28.9 Å². The normalized spacial score (nSPS) is 9.95. The van der Waals surface area contributed by atoms with Crippen LogP contribution in [0.4, 0.5) is 0 Å². The molecule has 0 fully saturated rings. The third-order valence-corrected chi connectivity index (χ3v) is 2.86. The fraction of sp³-hybridized carbons (Fsp3) is 0.647. The lowest BCUT2D eigenvalue weighted by Gasteiger charge is -2.21. The van der Waals surface area contributed by atoms with Gasteiger partial charge in [-0.05, 0) is 30.9 Å². The van der Waals surface area contributed by atoms with E-state index in [1.54, 1.807) is 0 Å². The Balaban J connectivity index is 0.00000172. The third-order valence-electron chi connectivity index (χ3n) is 2.86. The van der Waals surface area contributed by atoms with Gasteiger partial charge in [-0.15, -0.1) is 0 Å². The van der Waals surface area contributed by atoms with E-state index in [9.17, 15) is 4.79 Å². The Labute approximate surface area is 124 Å². The molecule has 0 saturated carbocycles. The molecule has 1 amide bonds. The first kappa shape index (κ1) is 18.6. The molecule has 0 unspecified atom stereocenters. The first-order valence-corrected chi connectivity index (χ1v) is 7.86. The SMILES string of the molecule is CC.CCCN(CCC)C(=O)c1cccc(C(C)C)n1. The number of amides is 1. The maximum Gasteiger partial charge on any atom is 0.272 e. The summed E-state index contributed by atoms with van der Waals surface area (Å²) in [5.41, 5.74) is 1.55. The molecule has 114 valence electrons.